The fourth-order valence-electron chi connectivity index (χ4n) is 7.70. The van der Waals surface area contributed by atoms with Gasteiger partial charge in [0.25, 0.3) is 0 Å². The molecule has 47 heavy (non-hydrogen) atoms. The van der Waals surface area contributed by atoms with E-state index in [4.69, 9.17) is 14.7 Å². The van der Waals surface area contributed by atoms with Gasteiger partial charge in [-0.25, -0.2) is 9.97 Å². The number of aromatic nitrogens is 2. The third kappa shape index (κ3) is 3.93. The minimum Gasteiger partial charge on any atom is -0.457 e. The van der Waals surface area contributed by atoms with E-state index in [0.717, 1.165) is 55.9 Å². The van der Waals surface area contributed by atoms with Gasteiger partial charge in [-0.1, -0.05) is 140 Å². The average molecular weight is 603 g/mol. The Labute approximate surface area is 274 Å². The highest BCUT2D eigenvalue weighted by atomic mass is 16.5. The van der Waals surface area contributed by atoms with Crippen LogP contribution in [0, 0.1) is 6.92 Å². The highest BCUT2D eigenvalue weighted by molar-refractivity contribution is 5.96. The molecule has 1 aromatic heterocycles. The van der Waals surface area contributed by atoms with Crippen LogP contribution in [0.1, 0.15) is 39.1 Å². The maximum absolute atomic E-state index is 6.76. The maximum Gasteiger partial charge on any atom is 0.160 e. The predicted molar refractivity (Wildman–Crippen MR) is 191 cm³/mol. The summed E-state index contributed by atoms with van der Waals surface area (Å²) in [6.45, 7) is 6.17. The van der Waals surface area contributed by atoms with Crippen molar-refractivity contribution in [1.29, 1.82) is 0 Å². The van der Waals surface area contributed by atoms with Crippen molar-refractivity contribution in [3.8, 4) is 34.0 Å². The van der Waals surface area contributed by atoms with E-state index in [1.165, 1.54) is 27.8 Å². The molecule has 7 aromatic rings. The van der Waals surface area contributed by atoms with Crippen molar-refractivity contribution in [3.63, 3.8) is 0 Å². The Morgan fingerprint density at radius 3 is 2.04 bits per heavy atom. The molecule has 0 bridgehead atoms. The van der Waals surface area contributed by atoms with Crippen LogP contribution in [-0.4, -0.2) is 9.97 Å². The zero-order valence-corrected chi connectivity index (χ0v) is 25.9. The Morgan fingerprint density at radius 2 is 1.28 bits per heavy atom. The number of rotatable bonds is 4. The molecule has 6 aromatic carbocycles. The second kappa shape index (κ2) is 10.5. The highest BCUT2D eigenvalue weighted by Crippen LogP contribution is 2.62. The van der Waals surface area contributed by atoms with Crippen LogP contribution >= 0.6 is 0 Å². The standard InChI is InChI=1S/C44H30N2O/c1-3-14-33(30-16-5-4-15-28(30)2)42-34-19-8-12-23-39(34)45-43(46-42)29-25-26-38-41(27-29)47-40-24-13-11-22-37(40)44(38)35-20-9-6-17-31(35)32-18-7-10-21-36(32)44/h3-27H,1H2,2H3/b33-14+. The average Bonchev–Trinajstić information content (AvgIpc) is 3.41. The lowest BCUT2D eigenvalue weighted by atomic mass is 9.66. The SMILES string of the molecule is C=C/C=C(\c1ccccc1C)c1nc(-c2ccc3c(c2)Oc2ccccc2C32c3ccccc3-c3ccccc32)nc2ccccc12. The monoisotopic (exact) mass is 602 g/mol. The maximum atomic E-state index is 6.76. The number of allylic oxidation sites excluding steroid dienone is 2. The molecule has 9 rings (SSSR count). The van der Waals surface area contributed by atoms with Crippen LogP contribution in [0.4, 0.5) is 0 Å². The smallest absolute Gasteiger partial charge is 0.160 e. The van der Waals surface area contributed by atoms with Crippen LogP contribution in [0.25, 0.3) is 39.0 Å². The van der Waals surface area contributed by atoms with E-state index < -0.39 is 5.41 Å². The summed E-state index contributed by atoms with van der Waals surface area (Å²) in [4.78, 5) is 10.4. The summed E-state index contributed by atoms with van der Waals surface area (Å²) >= 11 is 0. The van der Waals surface area contributed by atoms with Crippen LogP contribution in [0.15, 0.2) is 158 Å². The number of fused-ring (bicyclic) bond motifs is 10. The molecule has 1 aliphatic heterocycles. The van der Waals surface area contributed by atoms with Crippen molar-refractivity contribution < 1.29 is 4.74 Å². The number of aryl methyl sites for hydroxylation is 1. The van der Waals surface area contributed by atoms with Gasteiger partial charge in [-0.3, -0.25) is 0 Å². The molecule has 2 heterocycles. The molecule has 3 nitrogen and oxygen atoms in total. The third-order valence-corrected chi connectivity index (χ3v) is 9.69. The highest BCUT2D eigenvalue weighted by Gasteiger charge is 2.50. The van der Waals surface area contributed by atoms with Gasteiger partial charge in [0.1, 0.15) is 11.5 Å². The van der Waals surface area contributed by atoms with E-state index in [0.29, 0.717) is 5.82 Å². The van der Waals surface area contributed by atoms with Gasteiger partial charge >= 0.3 is 0 Å². The Bertz CT molecular complexity index is 2390. The molecule has 0 saturated heterocycles. The zero-order valence-electron chi connectivity index (χ0n) is 25.9. The van der Waals surface area contributed by atoms with Gasteiger partial charge in [0, 0.05) is 27.6 Å². The summed E-state index contributed by atoms with van der Waals surface area (Å²) in [5.74, 6) is 2.32. The molecule has 0 atom stereocenters. The first-order valence-electron chi connectivity index (χ1n) is 16.0. The largest absolute Gasteiger partial charge is 0.457 e. The van der Waals surface area contributed by atoms with Crippen LogP contribution in [0.3, 0.4) is 0 Å². The topological polar surface area (TPSA) is 35.0 Å². The lowest BCUT2D eigenvalue weighted by Gasteiger charge is -2.39. The van der Waals surface area contributed by atoms with Crippen LogP contribution in [0.5, 0.6) is 11.5 Å². The third-order valence-electron chi connectivity index (χ3n) is 9.69. The van der Waals surface area contributed by atoms with Gasteiger partial charge in [-0.2, -0.15) is 0 Å². The first-order valence-corrected chi connectivity index (χ1v) is 16.0. The van der Waals surface area contributed by atoms with E-state index in [9.17, 15) is 0 Å². The molecule has 0 saturated carbocycles. The predicted octanol–water partition coefficient (Wildman–Crippen LogP) is 10.7. The summed E-state index contributed by atoms with van der Waals surface area (Å²) in [6.07, 6.45) is 3.88. The molecule has 0 amide bonds. The van der Waals surface area contributed by atoms with Crippen molar-refractivity contribution in [1.82, 2.24) is 9.97 Å². The summed E-state index contributed by atoms with van der Waals surface area (Å²) in [7, 11) is 0. The molecule has 1 spiro atoms. The number of hydrogen-bond donors (Lipinski definition) is 0. The Morgan fingerprint density at radius 1 is 0.638 bits per heavy atom. The summed E-state index contributed by atoms with van der Waals surface area (Å²) in [6, 6.07) is 49.1. The second-order valence-electron chi connectivity index (χ2n) is 12.2. The first-order chi connectivity index (χ1) is 23.2. The van der Waals surface area contributed by atoms with Gasteiger partial charge in [-0.05, 0) is 58.5 Å². The summed E-state index contributed by atoms with van der Waals surface area (Å²) in [5.41, 5.74) is 12.8. The lowest BCUT2D eigenvalue weighted by molar-refractivity contribution is 0.436. The summed E-state index contributed by atoms with van der Waals surface area (Å²) in [5, 5.41) is 0.994. The van der Waals surface area contributed by atoms with Crippen LogP contribution in [-0.2, 0) is 5.41 Å². The van der Waals surface area contributed by atoms with E-state index in [1.54, 1.807) is 0 Å². The second-order valence-corrected chi connectivity index (χ2v) is 12.2. The molecule has 222 valence electrons. The van der Waals surface area contributed by atoms with Crippen molar-refractivity contribution in [3.05, 3.63) is 197 Å². The Balaban J connectivity index is 1.29. The van der Waals surface area contributed by atoms with Gasteiger partial charge in [0.15, 0.2) is 5.82 Å². The van der Waals surface area contributed by atoms with Crippen LogP contribution < -0.4 is 4.74 Å². The van der Waals surface area contributed by atoms with Gasteiger partial charge in [0.05, 0.1) is 16.6 Å². The van der Waals surface area contributed by atoms with Gasteiger partial charge in [0.2, 0.25) is 0 Å². The molecule has 0 radical (unpaired) electrons. The molecular formula is C44H30N2O. The Kier molecular flexibility index (Phi) is 6.09. The molecule has 3 heteroatoms. The van der Waals surface area contributed by atoms with Crippen molar-refractivity contribution in [2.45, 2.75) is 12.3 Å². The molecular weight excluding hydrogens is 572 g/mol. The normalized spacial score (nSPS) is 13.8. The minimum absolute atomic E-state index is 0.504. The summed E-state index contributed by atoms with van der Waals surface area (Å²) < 4.78 is 6.76. The molecule has 0 fully saturated rings. The van der Waals surface area contributed by atoms with Crippen molar-refractivity contribution in [2.24, 2.45) is 0 Å². The molecule has 0 N–H and O–H groups in total. The minimum atomic E-state index is -0.504. The fourth-order valence-corrected chi connectivity index (χ4v) is 7.70. The zero-order chi connectivity index (χ0) is 31.5. The van der Waals surface area contributed by atoms with Crippen LogP contribution in [0.2, 0.25) is 0 Å². The fraction of sp³-hybridized carbons (Fsp3) is 0.0455. The Hall–Kier alpha value is -6.06. The quantitative estimate of drug-likeness (QED) is 0.188. The number of hydrogen-bond acceptors (Lipinski definition) is 3. The van der Waals surface area contributed by atoms with Gasteiger partial charge in [-0.15, -0.1) is 0 Å². The number of para-hydroxylation sites is 2. The number of ether oxygens (including phenoxy) is 1. The van der Waals surface area contributed by atoms with Crippen molar-refractivity contribution >= 4 is 16.5 Å². The molecule has 2 aliphatic rings. The van der Waals surface area contributed by atoms with E-state index in [-0.39, 0.29) is 0 Å². The first kappa shape index (κ1) is 27.3. The lowest BCUT2D eigenvalue weighted by Crippen LogP contribution is -2.32. The van der Waals surface area contributed by atoms with Crippen molar-refractivity contribution in [2.75, 3.05) is 0 Å². The van der Waals surface area contributed by atoms with E-state index >= 15 is 0 Å². The van der Waals surface area contributed by atoms with E-state index in [2.05, 4.69) is 135 Å². The molecule has 1 aliphatic carbocycles. The van der Waals surface area contributed by atoms with E-state index in [1.807, 2.05) is 30.4 Å². The van der Waals surface area contributed by atoms with Gasteiger partial charge < -0.3 is 4.74 Å². The number of benzene rings is 6. The number of nitrogens with zero attached hydrogens (tertiary/aromatic N) is 2. The molecule has 0 unspecified atom stereocenters.